The average Bonchev–Trinajstić information content (AvgIpc) is 2.69. The third-order valence-electron chi connectivity index (χ3n) is 5.70. The highest BCUT2D eigenvalue weighted by molar-refractivity contribution is 6.57. The van der Waals surface area contributed by atoms with Crippen LogP contribution >= 0.6 is 12.4 Å². The van der Waals surface area contributed by atoms with Gasteiger partial charge in [0.2, 0.25) is 0 Å². The Labute approximate surface area is 190 Å². The molecule has 29 heavy (non-hydrogen) atoms. The highest BCUT2D eigenvalue weighted by Crippen LogP contribution is 2.19. The van der Waals surface area contributed by atoms with Gasteiger partial charge in [0, 0.05) is 26.9 Å². The van der Waals surface area contributed by atoms with E-state index in [1.54, 1.807) is 21.3 Å². The third kappa shape index (κ3) is 17.7. The monoisotopic (exact) mass is 453 g/mol. The van der Waals surface area contributed by atoms with Crippen molar-refractivity contribution in [3.63, 3.8) is 0 Å². The molecule has 0 aromatic heterocycles. The van der Waals surface area contributed by atoms with E-state index in [2.05, 4.69) is 25.8 Å². The number of unbranched alkanes of at least 4 members (excludes halogenated alkanes) is 14. The molecule has 0 spiro atoms. The van der Waals surface area contributed by atoms with E-state index in [1.807, 2.05) is 0 Å². The van der Waals surface area contributed by atoms with Crippen molar-refractivity contribution in [2.75, 3.05) is 21.3 Å². The van der Waals surface area contributed by atoms with Gasteiger partial charge in [-0.05, 0) is 20.3 Å². The molecule has 6 heteroatoms. The molecule has 0 saturated heterocycles. The summed E-state index contributed by atoms with van der Waals surface area (Å²) >= 11 is 0. The fourth-order valence-corrected chi connectivity index (χ4v) is 5.58. The van der Waals surface area contributed by atoms with E-state index in [-0.39, 0.29) is 17.9 Å². The molecular formula is C23H52ClNO3Si. The molecule has 0 amide bonds. The first-order valence-corrected chi connectivity index (χ1v) is 13.6. The summed E-state index contributed by atoms with van der Waals surface area (Å²) in [6, 6.07) is 0. The van der Waals surface area contributed by atoms with Crippen molar-refractivity contribution in [1.29, 1.82) is 0 Å². The molecule has 0 aliphatic carbocycles. The summed E-state index contributed by atoms with van der Waals surface area (Å²) in [7, 11) is 2.23. The van der Waals surface area contributed by atoms with E-state index >= 15 is 0 Å². The van der Waals surface area contributed by atoms with Crippen molar-refractivity contribution in [3.05, 3.63) is 0 Å². The molecule has 0 aliphatic rings. The first-order chi connectivity index (χ1) is 13.4. The maximum Gasteiger partial charge on any atom is 0.596 e. The van der Waals surface area contributed by atoms with Crippen LogP contribution in [0, 0.1) is 0 Å². The second-order valence-electron chi connectivity index (χ2n) is 8.88. The summed E-state index contributed by atoms with van der Waals surface area (Å²) in [5, 5.41) is 0. The van der Waals surface area contributed by atoms with Gasteiger partial charge >= 0.3 is 8.97 Å². The van der Waals surface area contributed by atoms with Crippen LogP contribution in [-0.4, -0.2) is 35.8 Å². The predicted molar refractivity (Wildman–Crippen MR) is 131 cm³/mol. The zero-order chi connectivity index (χ0) is 21.1. The lowest BCUT2D eigenvalue weighted by Gasteiger charge is -2.34. The van der Waals surface area contributed by atoms with Crippen molar-refractivity contribution < 1.29 is 13.3 Å². The normalized spacial score (nSPS) is 12.2. The van der Waals surface area contributed by atoms with Crippen LogP contribution in [0.25, 0.3) is 0 Å². The second-order valence-corrected chi connectivity index (χ2v) is 11.5. The topological polar surface area (TPSA) is 39.7 Å². The van der Waals surface area contributed by atoms with Crippen LogP contribution in [0.5, 0.6) is 0 Å². The first kappa shape index (κ1) is 31.5. The van der Waals surface area contributed by atoms with Crippen molar-refractivity contribution in [2.45, 2.75) is 129 Å². The Kier molecular flexibility index (Phi) is 22.0. The Hall–Kier alpha value is 0.347. The van der Waals surface area contributed by atoms with Crippen LogP contribution in [0.1, 0.15) is 124 Å². The summed E-state index contributed by atoms with van der Waals surface area (Å²) in [4.78, 5) is 3.48. The molecule has 0 aliphatic heterocycles. The van der Waals surface area contributed by atoms with Crippen molar-refractivity contribution in [1.82, 2.24) is 4.98 Å². The van der Waals surface area contributed by atoms with E-state index in [4.69, 9.17) is 13.3 Å². The average molecular weight is 454 g/mol. The Morgan fingerprint density at radius 3 is 1.21 bits per heavy atom. The number of hydrogen-bond acceptors (Lipinski definition) is 4. The molecular weight excluding hydrogens is 402 g/mol. The maximum atomic E-state index is 5.48. The SMILES string of the molecule is CCCCCCCCCCCCCCCCCC(C)(C)N[Si](OC)(OC)OC.Cl. The zero-order valence-electron chi connectivity index (χ0n) is 20.4. The molecule has 1 N–H and O–H groups in total. The third-order valence-corrected chi connectivity index (χ3v) is 8.30. The number of hydrogen-bond donors (Lipinski definition) is 1. The van der Waals surface area contributed by atoms with Crippen LogP contribution in [-0.2, 0) is 13.3 Å². The minimum atomic E-state index is -2.71. The first-order valence-electron chi connectivity index (χ1n) is 11.9. The van der Waals surface area contributed by atoms with Gasteiger partial charge in [-0.25, -0.2) is 0 Å². The minimum Gasteiger partial charge on any atom is -0.364 e. The van der Waals surface area contributed by atoms with E-state index < -0.39 is 8.97 Å². The van der Waals surface area contributed by atoms with Gasteiger partial charge in [-0.2, -0.15) is 0 Å². The summed E-state index contributed by atoms with van der Waals surface area (Å²) in [6.45, 7) is 6.70. The second kappa shape index (κ2) is 20.3. The molecule has 0 unspecified atom stereocenters. The molecule has 0 rings (SSSR count). The Morgan fingerprint density at radius 1 is 0.586 bits per heavy atom. The van der Waals surface area contributed by atoms with Gasteiger partial charge in [0.15, 0.2) is 0 Å². The number of halogens is 1. The molecule has 0 bridgehead atoms. The van der Waals surface area contributed by atoms with Gasteiger partial charge in [-0.15, -0.1) is 12.4 Å². The van der Waals surface area contributed by atoms with E-state index in [0.717, 1.165) is 6.42 Å². The molecule has 0 fully saturated rings. The predicted octanol–water partition coefficient (Wildman–Crippen LogP) is 7.41. The van der Waals surface area contributed by atoms with Crippen LogP contribution < -0.4 is 4.98 Å². The molecule has 4 nitrogen and oxygen atoms in total. The fraction of sp³-hybridized carbons (Fsp3) is 1.00. The maximum absolute atomic E-state index is 5.48. The highest BCUT2D eigenvalue weighted by atomic mass is 35.5. The van der Waals surface area contributed by atoms with Crippen LogP contribution in [0.3, 0.4) is 0 Å². The van der Waals surface area contributed by atoms with Gasteiger partial charge < -0.3 is 13.3 Å². The lowest BCUT2D eigenvalue weighted by molar-refractivity contribution is 0.0962. The standard InChI is InChI=1S/C23H51NO3Si.ClH/c1-7-8-9-10-11-12-13-14-15-16-17-18-19-20-21-22-23(2,3)24-28(25-4,26-5)27-6;/h24H,7-22H2,1-6H3;1H. The number of nitrogens with one attached hydrogen (secondary N) is 1. The lowest BCUT2D eigenvalue weighted by atomic mass is 9.97. The molecule has 0 aromatic rings. The largest absolute Gasteiger partial charge is 0.596 e. The quantitative estimate of drug-likeness (QED) is 0.145. The van der Waals surface area contributed by atoms with Gasteiger partial charge in [0.05, 0.1) is 0 Å². The highest BCUT2D eigenvalue weighted by Gasteiger charge is 2.43. The minimum absolute atomic E-state index is 0. The van der Waals surface area contributed by atoms with Crippen molar-refractivity contribution in [2.24, 2.45) is 0 Å². The Morgan fingerprint density at radius 2 is 0.897 bits per heavy atom. The van der Waals surface area contributed by atoms with Crippen molar-refractivity contribution >= 4 is 21.4 Å². The number of rotatable bonds is 21. The van der Waals surface area contributed by atoms with Gasteiger partial charge in [0.1, 0.15) is 0 Å². The smallest absolute Gasteiger partial charge is 0.364 e. The summed E-state index contributed by atoms with van der Waals surface area (Å²) in [5.74, 6) is 0. The van der Waals surface area contributed by atoms with Crippen molar-refractivity contribution in [3.8, 4) is 0 Å². The van der Waals surface area contributed by atoms with E-state index in [0.29, 0.717) is 0 Å². The van der Waals surface area contributed by atoms with E-state index in [1.165, 1.54) is 96.3 Å². The zero-order valence-corrected chi connectivity index (χ0v) is 22.3. The molecule has 178 valence electrons. The summed E-state index contributed by atoms with van der Waals surface area (Å²) in [5.41, 5.74) is -0.0369. The molecule has 0 atom stereocenters. The Balaban J connectivity index is 0. The van der Waals surface area contributed by atoms with Crippen LogP contribution in [0.2, 0.25) is 0 Å². The molecule has 0 saturated carbocycles. The van der Waals surface area contributed by atoms with Gasteiger partial charge in [-0.3, -0.25) is 4.98 Å². The Bertz CT molecular complexity index is 334. The molecule has 0 radical (unpaired) electrons. The fourth-order valence-electron chi connectivity index (χ4n) is 3.82. The molecule has 0 aromatic carbocycles. The van der Waals surface area contributed by atoms with Crippen LogP contribution in [0.15, 0.2) is 0 Å². The van der Waals surface area contributed by atoms with E-state index in [9.17, 15) is 0 Å². The summed E-state index contributed by atoms with van der Waals surface area (Å²) in [6.07, 6.45) is 22.1. The summed E-state index contributed by atoms with van der Waals surface area (Å²) < 4.78 is 16.5. The lowest BCUT2D eigenvalue weighted by Crippen LogP contribution is -2.64. The van der Waals surface area contributed by atoms with Crippen LogP contribution in [0.4, 0.5) is 0 Å². The van der Waals surface area contributed by atoms with Gasteiger partial charge in [0.25, 0.3) is 0 Å². The molecule has 0 heterocycles. The van der Waals surface area contributed by atoms with Gasteiger partial charge in [-0.1, -0.05) is 103 Å².